The molecule has 1 saturated carbocycles. The molecule has 2 heterocycles. The van der Waals surface area contributed by atoms with Crippen LogP contribution in [0, 0.1) is 17.3 Å². The number of methoxy groups -OCH3 is 2. The van der Waals surface area contributed by atoms with Crippen molar-refractivity contribution in [3.8, 4) is 5.75 Å². The molecule has 1 aromatic rings. The van der Waals surface area contributed by atoms with Gasteiger partial charge in [-0.2, -0.15) is 0 Å². The highest BCUT2D eigenvalue weighted by molar-refractivity contribution is 5.89. The first-order valence-electron chi connectivity index (χ1n) is 12.6. The molecule has 3 aliphatic rings. The lowest BCUT2D eigenvalue weighted by atomic mass is 9.68. The maximum Gasteiger partial charge on any atom is 0.338 e. The van der Waals surface area contributed by atoms with Gasteiger partial charge in [-0.1, -0.05) is 20.8 Å². The van der Waals surface area contributed by atoms with E-state index in [1.54, 1.807) is 38.5 Å². The molecule has 2 saturated heterocycles. The molecule has 0 radical (unpaired) electrons. The zero-order valence-electron chi connectivity index (χ0n) is 21.8. The van der Waals surface area contributed by atoms with Gasteiger partial charge in [0.15, 0.2) is 25.0 Å². The summed E-state index contributed by atoms with van der Waals surface area (Å²) in [4.78, 5) is 13.2. The van der Waals surface area contributed by atoms with Crippen molar-refractivity contribution in [1.29, 1.82) is 0 Å². The largest absolute Gasteiger partial charge is 0.468 e. The van der Waals surface area contributed by atoms with Gasteiger partial charge in [0, 0.05) is 26.6 Å². The molecule has 0 N–H and O–H groups in total. The molecule has 35 heavy (non-hydrogen) atoms. The molecule has 1 aromatic carbocycles. The SMILES string of the molecule is COCOc1ccc(C(=O)O[C@H]2C(OC)O[C@@]3(C(C)C)CC[C@](C)(CCC4(C)OCCO4)[C@@H]23)cc1. The number of hydrogen-bond acceptors (Lipinski definition) is 8. The molecule has 0 aromatic heterocycles. The molecule has 5 atom stereocenters. The van der Waals surface area contributed by atoms with Crippen LogP contribution in [0.25, 0.3) is 0 Å². The number of fused-ring (bicyclic) bond motifs is 1. The average molecular weight is 493 g/mol. The fourth-order valence-corrected chi connectivity index (χ4v) is 6.22. The number of benzene rings is 1. The van der Waals surface area contributed by atoms with Crippen LogP contribution in [0.5, 0.6) is 5.75 Å². The van der Waals surface area contributed by atoms with Gasteiger partial charge in [0.25, 0.3) is 0 Å². The van der Waals surface area contributed by atoms with Crippen LogP contribution >= 0.6 is 0 Å². The minimum absolute atomic E-state index is 0.0155. The summed E-state index contributed by atoms with van der Waals surface area (Å²) >= 11 is 0. The molecule has 1 unspecified atom stereocenters. The molecule has 8 heteroatoms. The average Bonchev–Trinajstić information content (AvgIpc) is 3.51. The van der Waals surface area contributed by atoms with E-state index in [0.29, 0.717) is 24.5 Å². The van der Waals surface area contributed by atoms with Crippen LogP contribution < -0.4 is 4.74 Å². The van der Waals surface area contributed by atoms with Gasteiger partial charge in [0.2, 0.25) is 0 Å². The Hall–Kier alpha value is -1.71. The molecule has 0 amide bonds. The second kappa shape index (κ2) is 10.3. The van der Waals surface area contributed by atoms with E-state index in [4.69, 9.17) is 33.2 Å². The first-order chi connectivity index (χ1) is 16.7. The lowest BCUT2D eigenvalue weighted by Crippen LogP contribution is -2.46. The van der Waals surface area contributed by atoms with Crippen LogP contribution in [0.15, 0.2) is 24.3 Å². The normalized spacial score (nSPS) is 33.7. The Morgan fingerprint density at radius 1 is 1.06 bits per heavy atom. The summed E-state index contributed by atoms with van der Waals surface area (Å²) in [6.45, 7) is 10.0. The maximum atomic E-state index is 13.2. The minimum atomic E-state index is -0.621. The number of carbonyl (C=O) groups excluding carboxylic acids is 1. The highest BCUT2D eigenvalue weighted by atomic mass is 16.7. The summed E-state index contributed by atoms with van der Waals surface area (Å²) in [6.07, 6.45) is 2.37. The van der Waals surface area contributed by atoms with Crippen LogP contribution in [-0.4, -0.2) is 64.0 Å². The zero-order chi connectivity index (χ0) is 25.3. The first-order valence-corrected chi connectivity index (χ1v) is 12.6. The number of esters is 1. The molecule has 8 nitrogen and oxygen atoms in total. The molecule has 196 valence electrons. The van der Waals surface area contributed by atoms with E-state index >= 15 is 0 Å². The van der Waals surface area contributed by atoms with Gasteiger partial charge in [-0.25, -0.2) is 4.79 Å². The van der Waals surface area contributed by atoms with E-state index in [1.807, 2.05) is 6.92 Å². The number of ether oxygens (including phenoxy) is 7. The lowest BCUT2D eigenvalue weighted by molar-refractivity contribution is -0.188. The Kier molecular flexibility index (Phi) is 7.79. The smallest absolute Gasteiger partial charge is 0.338 e. The summed E-state index contributed by atoms with van der Waals surface area (Å²) in [5, 5.41) is 0. The summed E-state index contributed by atoms with van der Waals surface area (Å²) in [6, 6.07) is 6.86. The first kappa shape index (κ1) is 26.4. The topological polar surface area (TPSA) is 81.7 Å². The predicted molar refractivity (Wildman–Crippen MR) is 128 cm³/mol. The molecule has 3 fully saturated rings. The van der Waals surface area contributed by atoms with Crippen molar-refractivity contribution in [2.24, 2.45) is 17.3 Å². The van der Waals surface area contributed by atoms with Gasteiger partial charge in [0.1, 0.15) is 5.75 Å². The van der Waals surface area contributed by atoms with Gasteiger partial charge in [-0.15, -0.1) is 0 Å². The van der Waals surface area contributed by atoms with Crippen molar-refractivity contribution in [2.45, 2.75) is 77.2 Å². The van der Waals surface area contributed by atoms with E-state index in [-0.39, 0.29) is 24.0 Å². The summed E-state index contributed by atoms with van der Waals surface area (Å²) in [7, 11) is 3.17. The van der Waals surface area contributed by atoms with E-state index in [9.17, 15) is 4.79 Å². The Labute approximate surface area is 208 Å². The van der Waals surface area contributed by atoms with Crippen molar-refractivity contribution in [1.82, 2.24) is 0 Å². The fourth-order valence-electron chi connectivity index (χ4n) is 6.22. The van der Waals surface area contributed by atoms with Crippen molar-refractivity contribution >= 4 is 5.97 Å². The van der Waals surface area contributed by atoms with Crippen molar-refractivity contribution < 1.29 is 38.0 Å². The maximum absolute atomic E-state index is 13.2. The van der Waals surface area contributed by atoms with Gasteiger partial charge >= 0.3 is 5.97 Å². The summed E-state index contributed by atoms with van der Waals surface area (Å²) in [5.74, 6) is -0.123. The highest BCUT2D eigenvalue weighted by Gasteiger charge is 2.67. The molecule has 0 spiro atoms. The Morgan fingerprint density at radius 2 is 1.74 bits per heavy atom. The van der Waals surface area contributed by atoms with E-state index in [2.05, 4.69) is 20.8 Å². The molecular formula is C27H40O8. The van der Waals surface area contributed by atoms with Crippen molar-refractivity contribution in [3.63, 3.8) is 0 Å². The molecule has 0 bridgehead atoms. The van der Waals surface area contributed by atoms with E-state index < -0.39 is 29.8 Å². The predicted octanol–water partition coefficient (Wildman–Crippen LogP) is 4.55. The molecule has 1 aliphatic carbocycles. The highest BCUT2D eigenvalue weighted by Crippen LogP contribution is 2.62. The Morgan fingerprint density at radius 3 is 2.34 bits per heavy atom. The summed E-state index contributed by atoms with van der Waals surface area (Å²) in [5.41, 5.74) is -0.0959. The van der Waals surface area contributed by atoms with Crippen LogP contribution in [0.3, 0.4) is 0 Å². The van der Waals surface area contributed by atoms with E-state index in [0.717, 1.165) is 25.7 Å². The van der Waals surface area contributed by atoms with Crippen LogP contribution in [0.2, 0.25) is 0 Å². The zero-order valence-corrected chi connectivity index (χ0v) is 21.8. The third-order valence-corrected chi connectivity index (χ3v) is 8.23. The quantitative estimate of drug-likeness (QED) is 0.348. The molecular weight excluding hydrogens is 452 g/mol. The Bertz CT molecular complexity index is 864. The van der Waals surface area contributed by atoms with E-state index in [1.165, 1.54) is 0 Å². The molecule has 2 aliphatic heterocycles. The van der Waals surface area contributed by atoms with Gasteiger partial charge in [-0.3, -0.25) is 0 Å². The second-order valence-electron chi connectivity index (χ2n) is 10.7. The second-order valence-corrected chi connectivity index (χ2v) is 10.7. The third kappa shape index (κ3) is 5.09. The lowest BCUT2D eigenvalue weighted by Gasteiger charge is -2.40. The monoisotopic (exact) mass is 492 g/mol. The third-order valence-electron chi connectivity index (χ3n) is 8.23. The van der Waals surface area contributed by atoms with Crippen LogP contribution in [0.1, 0.15) is 63.7 Å². The standard InChI is InChI=1S/C27H40O8/c1-18(2)27-14-12-25(3,11-13-26(4)32-15-16-33-26)22(27)21(24(30-6)35-27)34-23(28)19-7-9-20(10-8-19)31-17-29-5/h7-10,18,21-22,24H,11-17H2,1-6H3/t21-,22-,24?,25+,27-/m1/s1. The molecule has 4 rings (SSSR count). The van der Waals surface area contributed by atoms with Gasteiger partial charge < -0.3 is 33.2 Å². The number of carbonyl (C=O) groups is 1. The summed E-state index contributed by atoms with van der Waals surface area (Å²) < 4.78 is 40.6. The minimum Gasteiger partial charge on any atom is -0.468 e. The van der Waals surface area contributed by atoms with Crippen LogP contribution in [-0.2, 0) is 28.4 Å². The number of hydrogen-bond donors (Lipinski definition) is 0. The number of rotatable bonds is 10. The fraction of sp³-hybridized carbons (Fsp3) is 0.741. The van der Waals surface area contributed by atoms with Crippen LogP contribution in [0.4, 0.5) is 0 Å². The van der Waals surface area contributed by atoms with Crippen molar-refractivity contribution in [2.75, 3.05) is 34.2 Å². The Balaban J connectivity index is 1.56. The van der Waals surface area contributed by atoms with Crippen molar-refractivity contribution in [3.05, 3.63) is 29.8 Å². The van der Waals surface area contributed by atoms with Gasteiger partial charge in [0.05, 0.1) is 24.4 Å². The van der Waals surface area contributed by atoms with Gasteiger partial charge in [-0.05, 0) is 61.8 Å².